The molecule has 1 saturated carbocycles. The third kappa shape index (κ3) is 3.06. The molecule has 3 aromatic rings. The molecule has 0 spiro atoms. The number of hydrogen-bond donors (Lipinski definition) is 1. The molecule has 7 heteroatoms. The van der Waals surface area contributed by atoms with E-state index in [4.69, 9.17) is 5.73 Å². The van der Waals surface area contributed by atoms with Crippen molar-refractivity contribution in [1.29, 1.82) is 5.26 Å². The summed E-state index contributed by atoms with van der Waals surface area (Å²) in [4.78, 5) is 11.4. The normalized spacial score (nSPS) is 18.7. The predicted octanol–water partition coefficient (Wildman–Crippen LogP) is 3.04. The number of carbonyl (C=O) groups excluding carboxylic acids is 1. The molecule has 1 fully saturated rings. The summed E-state index contributed by atoms with van der Waals surface area (Å²) in [6.45, 7) is 1.90. The highest BCUT2D eigenvalue weighted by atomic mass is 32.2. The van der Waals surface area contributed by atoms with Crippen LogP contribution in [-0.4, -0.2) is 18.3 Å². The molecule has 0 saturated heterocycles. The maximum absolute atomic E-state index is 13.3. The molecule has 1 heterocycles. The van der Waals surface area contributed by atoms with Crippen LogP contribution in [0.15, 0.2) is 53.6 Å². The van der Waals surface area contributed by atoms with Crippen LogP contribution in [0.2, 0.25) is 0 Å². The van der Waals surface area contributed by atoms with Crippen molar-refractivity contribution in [3.05, 3.63) is 65.4 Å². The predicted molar refractivity (Wildman–Crippen MR) is 105 cm³/mol. The third-order valence-corrected chi connectivity index (χ3v) is 6.98. The molecule has 4 rings (SSSR count). The molecule has 2 N–H and O–H groups in total. The second-order valence-corrected chi connectivity index (χ2v) is 9.13. The van der Waals surface area contributed by atoms with Gasteiger partial charge in [0.05, 0.1) is 22.0 Å². The van der Waals surface area contributed by atoms with Gasteiger partial charge in [0, 0.05) is 18.0 Å². The first-order valence-corrected chi connectivity index (χ1v) is 10.4. The average molecular weight is 393 g/mol. The Kier molecular flexibility index (Phi) is 4.24. The summed E-state index contributed by atoms with van der Waals surface area (Å²) in [5.41, 5.74) is 8.12. The van der Waals surface area contributed by atoms with Gasteiger partial charge in [-0.2, -0.15) is 5.26 Å². The van der Waals surface area contributed by atoms with Crippen LogP contribution in [0.3, 0.4) is 0 Å². The number of amides is 1. The second-order valence-electron chi connectivity index (χ2n) is 7.31. The number of primary amides is 1. The van der Waals surface area contributed by atoms with Gasteiger partial charge in [0.1, 0.15) is 0 Å². The van der Waals surface area contributed by atoms with Gasteiger partial charge in [0.2, 0.25) is 5.91 Å². The molecule has 2 atom stereocenters. The Balaban J connectivity index is 1.87. The first kappa shape index (κ1) is 18.3. The number of nitrogens with two attached hydrogens (primary N) is 1. The maximum atomic E-state index is 13.3. The molecule has 1 aliphatic carbocycles. The van der Waals surface area contributed by atoms with Crippen LogP contribution >= 0.6 is 0 Å². The molecule has 1 amide bonds. The van der Waals surface area contributed by atoms with Gasteiger partial charge in [-0.3, -0.25) is 4.79 Å². The lowest BCUT2D eigenvalue weighted by molar-refractivity contribution is -0.118. The van der Waals surface area contributed by atoms with Gasteiger partial charge in [-0.05, 0) is 61.1 Å². The lowest BCUT2D eigenvalue weighted by Crippen LogP contribution is -2.12. The van der Waals surface area contributed by atoms with E-state index in [1.807, 2.05) is 6.92 Å². The summed E-state index contributed by atoms with van der Waals surface area (Å²) in [6, 6.07) is 13.8. The van der Waals surface area contributed by atoms with Crippen LogP contribution < -0.4 is 5.73 Å². The number of nitriles is 1. The Hall–Kier alpha value is -3.11. The Morgan fingerprint density at radius 3 is 2.61 bits per heavy atom. The molecule has 0 radical (unpaired) electrons. The highest BCUT2D eigenvalue weighted by Crippen LogP contribution is 2.52. The Morgan fingerprint density at radius 1 is 1.25 bits per heavy atom. The van der Waals surface area contributed by atoms with E-state index in [-0.39, 0.29) is 29.1 Å². The van der Waals surface area contributed by atoms with E-state index in [1.165, 1.54) is 3.97 Å². The van der Waals surface area contributed by atoms with Gasteiger partial charge < -0.3 is 5.73 Å². The van der Waals surface area contributed by atoms with E-state index in [2.05, 4.69) is 6.07 Å². The Morgan fingerprint density at radius 2 is 1.96 bits per heavy atom. The fraction of sp³-hybridized carbons (Fsp3) is 0.238. The zero-order chi connectivity index (χ0) is 20.1. The molecular formula is C21H19N3O3S. The zero-order valence-corrected chi connectivity index (χ0v) is 16.1. The van der Waals surface area contributed by atoms with Gasteiger partial charge in [0.15, 0.2) is 0 Å². The van der Waals surface area contributed by atoms with Crippen molar-refractivity contribution in [2.75, 3.05) is 0 Å². The standard InChI is InChI=1S/C21H19N3O3S/c1-13-2-5-16(6-3-13)28(26,27)24-12-19(17-9-15(17)10-21(23)25)18-8-14(11-22)4-7-20(18)24/h2-8,12,15,17H,9-10H2,1H3,(H2,23,25). The highest BCUT2D eigenvalue weighted by Gasteiger charge is 2.41. The van der Waals surface area contributed by atoms with Gasteiger partial charge in [0.25, 0.3) is 10.0 Å². The topological polar surface area (TPSA) is 106 Å². The lowest BCUT2D eigenvalue weighted by atomic mass is 10.0. The van der Waals surface area contributed by atoms with Crippen LogP contribution in [-0.2, 0) is 14.8 Å². The monoisotopic (exact) mass is 393 g/mol. The van der Waals surface area contributed by atoms with Crippen molar-refractivity contribution in [1.82, 2.24) is 3.97 Å². The van der Waals surface area contributed by atoms with E-state index < -0.39 is 10.0 Å². The van der Waals surface area contributed by atoms with Crippen LogP contribution in [0.1, 0.15) is 35.4 Å². The number of benzene rings is 2. The minimum Gasteiger partial charge on any atom is -0.370 e. The van der Waals surface area contributed by atoms with E-state index in [0.29, 0.717) is 11.1 Å². The summed E-state index contributed by atoms with van der Waals surface area (Å²) in [7, 11) is -3.79. The highest BCUT2D eigenvalue weighted by molar-refractivity contribution is 7.90. The van der Waals surface area contributed by atoms with Crippen LogP contribution in [0.25, 0.3) is 10.9 Å². The summed E-state index contributed by atoms with van der Waals surface area (Å²) in [5.74, 6) is -0.177. The van der Waals surface area contributed by atoms with E-state index in [0.717, 1.165) is 22.9 Å². The zero-order valence-electron chi connectivity index (χ0n) is 15.3. The molecule has 28 heavy (non-hydrogen) atoms. The average Bonchev–Trinajstić information content (AvgIpc) is 3.29. The summed E-state index contributed by atoms with van der Waals surface area (Å²) in [5, 5.41) is 9.98. The number of nitrogens with zero attached hydrogens (tertiary/aromatic N) is 2. The largest absolute Gasteiger partial charge is 0.370 e. The first-order chi connectivity index (χ1) is 13.3. The number of hydrogen-bond acceptors (Lipinski definition) is 4. The number of fused-ring (bicyclic) bond motifs is 1. The number of carbonyl (C=O) groups is 1. The molecule has 0 aliphatic heterocycles. The van der Waals surface area contributed by atoms with E-state index >= 15 is 0 Å². The molecule has 0 bridgehead atoms. The van der Waals surface area contributed by atoms with Gasteiger partial charge in [-0.25, -0.2) is 12.4 Å². The second kappa shape index (κ2) is 6.50. The van der Waals surface area contributed by atoms with Crippen molar-refractivity contribution in [3.8, 4) is 6.07 Å². The van der Waals surface area contributed by atoms with E-state index in [9.17, 15) is 18.5 Å². The summed E-state index contributed by atoms with van der Waals surface area (Å²) < 4.78 is 27.8. The Bertz CT molecular complexity index is 1230. The van der Waals surface area contributed by atoms with E-state index in [1.54, 1.807) is 48.7 Å². The first-order valence-electron chi connectivity index (χ1n) is 8.97. The van der Waals surface area contributed by atoms with Gasteiger partial charge >= 0.3 is 0 Å². The number of rotatable bonds is 5. The molecule has 2 aromatic carbocycles. The molecule has 1 aromatic heterocycles. The fourth-order valence-electron chi connectivity index (χ4n) is 3.73. The van der Waals surface area contributed by atoms with Crippen LogP contribution in [0.5, 0.6) is 0 Å². The minimum atomic E-state index is -3.79. The van der Waals surface area contributed by atoms with Crippen molar-refractivity contribution >= 4 is 26.8 Å². The molecule has 6 nitrogen and oxygen atoms in total. The maximum Gasteiger partial charge on any atom is 0.268 e. The number of aromatic nitrogens is 1. The van der Waals surface area contributed by atoms with Crippen LogP contribution in [0, 0.1) is 24.2 Å². The quantitative estimate of drug-likeness (QED) is 0.719. The fourth-order valence-corrected chi connectivity index (χ4v) is 5.10. The van der Waals surface area contributed by atoms with Crippen molar-refractivity contribution < 1.29 is 13.2 Å². The molecule has 142 valence electrons. The molecular weight excluding hydrogens is 374 g/mol. The van der Waals surface area contributed by atoms with Gasteiger partial charge in [-0.1, -0.05) is 17.7 Å². The minimum absolute atomic E-state index is 0.0680. The lowest BCUT2D eigenvalue weighted by Gasteiger charge is -2.08. The SMILES string of the molecule is Cc1ccc(S(=O)(=O)n2cc(C3CC3CC(N)=O)c3cc(C#N)ccc32)cc1. The van der Waals surface area contributed by atoms with Crippen LogP contribution in [0.4, 0.5) is 0 Å². The summed E-state index contributed by atoms with van der Waals surface area (Å²) >= 11 is 0. The van der Waals surface area contributed by atoms with Crippen molar-refractivity contribution in [2.24, 2.45) is 11.7 Å². The van der Waals surface area contributed by atoms with Crippen molar-refractivity contribution in [3.63, 3.8) is 0 Å². The summed E-state index contributed by atoms with van der Waals surface area (Å²) in [6.07, 6.45) is 2.69. The third-order valence-electron chi connectivity index (χ3n) is 5.29. The van der Waals surface area contributed by atoms with Crippen molar-refractivity contribution in [2.45, 2.75) is 30.6 Å². The molecule has 1 aliphatic rings. The smallest absolute Gasteiger partial charge is 0.268 e. The molecule has 2 unspecified atom stereocenters. The Labute approximate surface area is 163 Å². The number of aryl methyl sites for hydroxylation is 1. The van der Waals surface area contributed by atoms with Gasteiger partial charge in [-0.15, -0.1) is 0 Å².